The van der Waals surface area contributed by atoms with Crippen molar-refractivity contribution in [2.45, 2.75) is 18.5 Å². The van der Waals surface area contributed by atoms with Crippen molar-refractivity contribution >= 4 is 11.6 Å². The van der Waals surface area contributed by atoms with Crippen LogP contribution < -0.4 is 0 Å². The fourth-order valence-electron chi connectivity index (χ4n) is 0.722. The second-order valence-corrected chi connectivity index (χ2v) is 2.68. The Morgan fingerprint density at radius 3 is 2.91 bits per heavy atom. The topological polar surface area (TPSA) is 9.23 Å². The zero-order valence-electron chi connectivity index (χ0n) is 5.49. The smallest absolute Gasteiger partial charge is 0.287 e. The van der Waals surface area contributed by atoms with E-state index in [0.29, 0.717) is 0 Å². The van der Waals surface area contributed by atoms with Gasteiger partial charge in [-0.25, -0.2) is 13.2 Å². The molecule has 0 saturated carbocycles. The highest BCUT2D eigenvalue weighted by atomic mass is 35.5. The summed E-state index contributed by atoms with van der Waals surface area (Å²) in [7, 11) is 0. The normalized spacial score (nSPS) is 30.2. The lowest BCUT2D eigenvalue weighted by Gasteiger charge is -2.16. The number of rotatable bonds is 0. The van der Waals surface area contributed by atoms with Crippen molar-refractivity contribution in [3.05, 3.63) is 11.3 Å². The van der Waals surface area contributed by atoms with E-state index in [9.17, 15) is 13.2 Å². The molecule has 0 spiro atoms. The van der Waals surface area contributed by atoms with E-state index in [1.807, 2.05) is 0 Å². The molecule has 1 aliphatic heterocycles. The first-order chi connectivity index (χ1) is 5.04. The molecule has 1 unspecified atom stereocenters. The molecule has 1 rings (SSSR count). The fraction of sp³-hybridized carbons (Fsp3) is 0.667. The average molecular weight is 187 g/mol. The molecule has 0 saturated heterocycles. The summed E-state index contributed by atoms with van der Waals surface area (Å²) >= 11 is 5.14. The predicted octanol–water partition coefficient (Wildman–Crippen LogP) is 2.46. The van der Waals surface area contributed by atoms with Gasteiger partial charge in [0, 0.05) is 6.42 Å². The number of alkyl halides is 3. The summed E-state index contributed by atoms with van der Waals surface area (Å²) < 4.78 is 42.1. The molecule has 0 aromatic rings. The van der Waals surface area contributed by atoms with Crippen LogP contribution in [-0.2, 0) is 4.74 Å². The van der Waals surface area contributed by atoms with Crippen LogP contribution >= 0.6 is 11.6 Å². The van der Waals surface area contributed by atoms with Gasteiger partial charge in [0.25, 0.3) is 5.92 Å². The van der Waals surface area contributed by atoms with Gasteiger partial charge in [-0.15, -0.1) is 0 Å². The maximum absolute atomic E-state index is 12.6. The third kappa shape index (κ3) is 1.80. The first kappa shape index (κ1) is 8.71. The molecular weight excluding hydrogens is 181 g/mol. The molecule has 1 nitrogen and oxygen atoms in total. The molecule has 0 amide bonds. The minimum Gasteiger partial charge on any atom is -0.500 e. The van der Waals surface area contributed by atoms with E-state index >= 15 is 0 Å². The second-order valence-electron chi connectivity index (χ2n) is 2.25. The van der Waals surface area contributed by atoms with Crippen molar-refractivity contribution < 1.29 is 17.9 Å². The SMILES string of the molecule is FC1C(Cl)=COCCC1(F)F. The van der Waals surface area contributed by atoms with E-state index in [2.05, 4.69) is 4.74 Å². The van der Waals surface area contributed by atoms with E-state index < -0.39 is 23.5 Å². The lowest BCUT2D eigenvalue weighted by atomic mass is 10.1. The summed E-state index contributed by atoms with van der Waals surface area (Å²) in [6.07, 6.45) is -2.24. The van der Waals surface area contributed by atoms with Crippen molar-refractivity contribution in [2.75, 3.05) is 6.61 Å². The van der Waals surface area contributed by atoms with Crippen LogP contribution in [0.25, 0.3) is 0 Å². The molecular formula is C6H6ClF3O. The number of hydrogen-bond acceptors (Lipinski definition) is 1. The number of ether oxygens (including phenoxy) is 1. The van der Waals surface area contributed by atoms with Crippen molar-refractivity contribution in [2.24, 2.45) is 0 Å². The van der Waals surface area contributed by atoms with Crippen LogP contribution in [0.2, 0.25) is 0 Å². The summed E-state index contributed by atoms with van der Waals surface area (Å²) in [4.78, 5) is 0. The van der Waals surface area contributed by atoms with Crippen LogP contribution in [0.15, 0.2) is 11.3 Å². The van der Waals surface area contributed by atoms with E-state index in [4.69, 9.17) is 11.6 Å². The van der Waals surface area contributed by atoms with Crippen molar-refractivity contribution in [3.63, 3.8) is 0 Å². The lowest BCUT2D eigenvalue weighted by molar-refractivity contribution is -0.0653. The lowest BCUT2D eigenvalue weighted by Crippen LogP contribution is -2.29. The molecule has 0 aliphatic carbocycles. The van der Waals surface area contributed by atoms with Gasteiger partial charge in [0.2, 0.25) is 6.17 Å². The molecule has 0 N–H and O–H groups in total. The van der Waals surface area contributed by atoms with E-state index in [1.165, 1.54) is 0 Å². The Bertz CT molecular complexity index is 181. The molecule has 0 radical (unpaired) electrons. The Balaban J connectivity index is 2.79. The molecule has 64 valence electrons. The molecule has 0 fully saturated rings. The Morgan fingerprint density at radius 2 is 2.27 bits per heavy atom. The van der Waals surface area contributed by atoms with Gasteiger partial charge in [0.05, 0.1) is 11.6 Å². The van der Waals surface area contributed by atoms with Gasteiger partial charge in [0.15, 0.2) is 0 Å². The van der Waals surface area contributed by atoms with Gasteiger partial charge in [-0.05, 0) is 0 Å². The molecule has 1 aliphatic rings. The van der Waals surface area contributed by atoms with E-state index in [1.54, 1.807) is 0 Å². The average Bonchev–Trinajstić information content (AvgIpc) is 2.03. The Morgan fingerprint density at radius 1 is 1.64 bits per heavy atom. The minimum absolute atomic E-state index is 0.205. The Kier molecular flexibility index (Phi) is 2.32. The Labute approximate surface area is 66.8 Å². The first-order valence-corrected chi connectivity index (χ1v) is 3.41. The maximum atomic E-state index is 12.6. The van der Waals surface area contributed by atoms with Gasteiger partial charge in [0.1, 0.15) is 6.26 Å². The van der Waals surface area contributed by atoms with Crippen LogP contribution in [0, 0.1) is 0 Å². The largest absolute Gasteiger partial charge is 0.500 e. The van der Waals surface area contributed by atoms with Crippen LogP contribution in [0.3, 0.4) is 0 Å². The van der Waals surface area contributed by atoms with Crippen molar-refractivity contribution in [1.82, 2.24) is 0 Å². The number of halogens is 4. The molecule has 0 bridgehead atoms. The monoisotopic (exact) mass is 186 g/mol. The van der Waals surface area contributed by atoms with Crippen molar-refractivity contribution in [1.29, 1.82) is 0 Å². The summed E-state index contributed by atoms with van der Waals surface area (Å²) in [5, 5.41) is -0.576. The summed E-state index contributed by atoms with van der Waals surface area (Å²) in [6.45, 7) is -0.205. The van der Waals surface area contributed by atoms with Crippen LogP contribution in [0.5, 0.6) is 0 Å². The fourth-order valence-corrected chi connectivity index (χ4v) is 0.944. The summed E-state index contributed by atoms with van der Waals surface area (Å²) in [5.41, 5.74) is 0. The predicted molar refractivity (Wildman–Crippen MR) is 34.3 cm³/mol. The molecule has 0 aromatic carbocycles. The standard InChI is InChI=1S/C6H6ClF3O/c7-4-3-11-2-1-6(9,10)5(4)8/h3,5H,1-2H2. The van der Waals surface area contributed by atoms with Crippen molar-refractivity contribution in [3.8, 4) is 0 Å². The van der Waals surface area contributed by atoms with Crippen LogP contribution in [0.1, 0.15) is 6.42 Å². The molecule has 1 heterocycles. The summed E-state index contributed by atoms with van der Waals surface area (Å²) in [5.74, 6) is -3.40. The number of hydrogen-bond donors (Lipinski definition) is 0. The highest BCUT2D eigenvalue weighted by Crippen LogP contribution is 2.33. The van der Waals surface area contributed by atoms with Gasteiger partial charge < -0.3 is 4.74 Å². The van der Waals surface area contributed by atoms with E-state index in [-0.39, 0.29) is 6.61 Å². The Hall–Kier alpha value is -0.380. The summed E-state index contributed by atoms with van der Waals surface area (Å²) in [6, 6.07) is 0. The molecule has 1 atom stereocenters. The molecule has 5 heteroatoms. The molecule has 11 heavy (non-hydrogen) atoms. The van der Waals surface area contributed by atoms with E-state index in [0.717, 1.165) is 6.26 Å². The number of allylic oxidation sites excluding steroid dienone is 1. The minimum atomic E-state index is -3.40. The van der Waals surface area contributed by atoms with Gasteiger partial charge in [-0.3, -0.25) is 0 Å². The molecule has 0 aromatic heterocycles. The zero-order chi connectivity index (χ0) is 8.48. The highest BCUT2D eigenvalue weighted by Gasteiger charge is 2.43. The quantitative estimate of drug-likeness (QED) is 0.565. The third-order valence-corrected chi connectivity index (χ3v) is 1.64. The maximum Gasteiger partial charge on any atom is 0.287 e. The van der Waals surface area contributed by atoms with Crippen LogP contribution in [0.4, 0.5) is 13.2 Å². The zero-order valence-corrected chi connectivity index (χ0v) is 6.24. The van der Waals surface area contributed by atoms with Gasteiger partial charge in [-0.2, -0.15) is 0 Å². The first-order valence-electron chi connectivity index (χ1n) is 3.03. The third-order valence-electron chi connectivity index (χ3n) is 1.36. The van der Waals surface area contributed by atoms with Gasteiger partial charge >= 0.3 is 0 Å². The highest BCUT2D eigenvalue weighted by molar-refractivity contribution is 6.30. The second kappa shape index (κ2) is 2.93. The van der Waals surface area contributed by atoms with Gasteiger partial charge in [-0.1, -0.05) is 11.6 Å². The van der Waals surface area contributed by atoms with Crippen LogP contribution in [-0.4, -0.2) is 18.7 Å².